The number of aliphatic imine (C=N–C) groups is 1. The molecule has 0 unspecified atom stereocenters. The van der Waals surface area contributed by atoms with Crippen LogP contribution in [-0.4, -0.2) is 16.1 Å². The molecule has 0 aliphatic carbocycles. The number of thiophene rings is 1. The molecule has 3 aromatic rings. The zero-order chi connectivity index (χ0) is 25.1. The highest BCUT2D eigenvalue weighted by atomic mass is 35.5. The summed E-state index contributed by atoms with van der Waals surface area (Å²) in [5.41, 5.74) is 10.2. The van der Waals surface area contributed by atoms with E-state index in [2.05, 4.69) is 57.2 Å². The molecule has 0 atom stereocenters. The fraction of sp³-hybridized carbons (Fsp3) is 0.333. The molecule has 0 saturated heterocycles. The number of aromatic hydroxyl groups is 1. The van der Waals surface area contributed by atoms with Crippen molar-refractivity contribution < 1.29 is 5.11 Å². The Kier molecular flexibility index (Phi) is 9.34. The second kappa shape index (κ2) is 11.4. The summed E-state index contributed by atoms with van der Waals surface area (Å²) >= 11 is 7.12. The van der Waals surface area contributed by atoms with E-state index >= 15 is 0 Å². The molecular weight excluding hydrogens is 496 g/mol. The van der Waals surface area contributed by atoms with Crippen molar-refractivity contribution in [3.05, 3.63) is 75.5 Å². The van der Waals surface area contributed by atoms with Crippen LogP contribution in [0.25, 0.3) is 0 Å². The molecule has 0 aliphatic rings. The maximum Gasteiger partial charge on any atom is 0.171 e. The Morgan fingerprint density at radius 1 is 1.00 bits per heavy atom. The Hall–Kier alpha value is -2.61. The maximum atomic E-state index is 10.9. The van der Waals surface area contributed by atoms with E-state index in [1.165, 1.54) is 0 Å². The fourth-order valence-corrected chi connectivity index (χ4v) is 4.33. The maximum absolute atomic E-state index is 10.9. The average molecular weight is 531 g/mol. The van der Waals surface area contributed by atoms with Crippen molar-refractivity contribution in [1.29, 1.82) is 0 Å². The number of benzene rings is 2. The largest absolute Gasteiger partial charge is 0.507 e. The van der Waals surface area contributed by atoms with Crippen LogP contribution < -0.4 is 16.4 Å². The van der Waals surface area contributed by atoms with E-state index in [4.69, 9.17) is 18.0 Å². The van der Waals surface area contributed by atoms with Crippen LogP contribution in [0.3, 0.4) is 0 Å². The lowest BCUT2D eigenvalue weighted by molar-refractivity contribution is 0.423. The predicted molar refractivity (Wildman–Crippen MR) is 157 cm³/mol. The van der Waals surface area contributed by atoms with E-state index in [-0.39, 0.29) is 23.2 Å². The van der Waals surface area contributed by atoms with E-state index in [9.17, 15) is 5.11 Å². The molecule has 5 nitrogen and oxygen atoms in total. The van der Waals surface area contributed by atoms with Gasteiger partial charge in [0.25, 0.3) is 0 Å². The molecule has 1 aromatic heterocycles. The predicted octanol–water partition coefficient (Wildman–Crippen LogP) is 6.99. The number of amidine groups is 1. The van der Waals surface area contributed by atoms with Crippen molar-refractivity contribution in [2.75, 3.05) is 5.32 Å². The van der Waals surface area contributed by atoms with Crippen molar-refractivity contribution in [2.45, 2.75) is 58.9 Å². The van der Waals surface area contributed by atoms with E-state index in [1.54, 1.807) is 11.3 Å². The van der Waals surface area contributed by atoms with Gasteiger partial charge in [-0.1, -0.05) is 59.7 Å². The van der Waals surface area contributed by atoms with Crippen LogP contribution in [0, 0.1) is 0 Å². The zero-order valence-electron chi connectivity index (χ0n) is 21.1. The van der Waals surface area contributed by atoms with Crippen LogP contribution in [-0.2, 0) is 17.4 Å². The summed E-state index contributed by atoms with van der Waals surface area (Å²) in [6.07, 6.45) is 0. The zero-order valence-corrected chi connectivity index (χ0v) is 23.5. The van der Waals surface area contributed by atoms with Gasteiger partial charge in [0.05, 0.1) is 10.6 Å². The minimum atomic E-state index is -0.200. The fourth-order valence-electron chi connectivity index (χ4n) is 3.51. The third-order valence-electron chi connectivity index (χ3n) is 5.40. The average Bonchev–Trinajstić information content (AvgIpc) is 3.28. The van der Waals surface area contributed by atoms with Gasteiger partial charge in [0.15, 0.2) is 5.11 Å². The molecule has 5 N–H and O–H groups in total. The molecule has 0 spiro atoms. The van der Waals surface area contributed by atoms with Crippen molar-refractivity contribution in [2.24, 2.45) is 10.7 Å². The number of phenols is 1. The highest BCUT2D eigenvalue weighted by molar-refractivity contribution is 7.80. The van der Waals surface area contributed by atoms with Gasteiger partial charge in [0.2, 0.25) is 0 Å². The van der Waals surface area contributed by atoms with E-state index < -0.39 is 0 Å². The van der Waals surface area contributed by atoms with Gasteiger partial charge in [0, 0.05) is 23.4 Å². The van der Waals surface area contributed by atoms with Crippen molar-refractivity contribution in [3.63, 3.8) is 0 Å². The molecule has 8 heteroatoms. The third kappa shape index (κ3) is 7.69. The number of rotatable bonds is 5. The Bertz CT molecular complexity index is 1140. The molecule has 0 radical (unpaired) electrons. The molecule has 35 heavy (non-hydrogen) atoms. The quantitative estimate of drug-likeness (QED) is 0.124. The first-order chi connectivity index (χ1) is 15.8. The highest BCUT2D eigenvalue weighted by Gasteiger charge is 2.26. The van der Waals surface area contributed by atoms with Gasteiger partial charge >= 0.3 is 0 Å². The van der Waals surface area contributed by atoms with Crippen LogP contribution in [0.15, 0.2) is 58.9 Å². The molecule has 0 saturated carbocycles. The van der Waals surface area contributed by atoms with Gasteiger partial charge in [-0.25, -0.2) is 4.99 Å². The Labute approximate surface area is 224 Å². The third-order valence-corrected chi connectivity index (χ3v) is 6.54. The molecular formula is C27H35ClN4OS2. The summed E-state index contributed by atoms with van der Waals surface area (Å²) in [6, 6.07) is 15.8. The number of nitrogens with zero attached hydrogens (tertiary/aromatic N) is 1. The number of halogens is 1. The number of hydrogen-bond donors (Lipinski definition) is 4. The highest BCUT2D eigenvalue weighted by Crippen LogP contribution is 2.41. The molecule has 188 valence electrons. The summed E-state index contributed by atoms with van der Waals surface area (Å²) < 4.78 is 0. The van der Waals surface area contributed by atoms with Gasteiger partial charge in [-0.15, -0.1) is 23.7 Å². The number of nitrogens with one attached hydrogen (secondary N) is 2. The van der Waals surface area contributed by atoms with Crippen LogP contribution >= 0.6 is 36.0 Å². The lowest BCUT2D eigenvalue weighted by Gasteiger charge is -2.28. The van der Waals surface area contributed by atoms with Crippen LogP contribution in [0.4, 0.5) is 11.4 Å². The molecule has 0 amide bonds. The summed E-state index contributed by atoms with van der Waals surface area (Å²) in [6.45, 7) is 13.1. The first kappa shape index (κ1) is 28.6. The molecule has 3 rings (SSSR count). The van der Waals surface area contributed by atoms with Gasteiger partial charge < -0.3 is 21.5 Å². The van der Waals surface area contributed by atoms with Crippen LogP contribution in [0.2, 0.25) is 0 Å². The van der Waals surface area contributed by atoms with E-state index in [0.717, 1.165) is 32.9 Å². The number of phenolic OH excluding ortho intramolecular Hbond substituents is 1. The lowest BCUT2D eigenvalue weighted by atomic mass is 9.79. The number of hydrogen-bond acceptors (Lipinski definition) is 4. The number of thiocarbonyl (C=S) groups is 1. The van der Waals surface area contributed by atoms with E-state index in [1.807, 2.05) is 53.9 Å². The Morgan fingerprint density at radius 2 is 1.57 bits per heavy atom. The first-order valence-electron chi connectivity index (χ1n) is 11.2. The monoisotopic (exact) mass is 530 g/mol. The SMILES string of the molecule is CC(C)(C)c1cc(NC(=S)NCc2ccc(N=C(N)c3cccs3)cc2)cc(C(C)(C)C)c1O.Cl. The minimum absolute atomic E-state index is 0. The molecule has 0 fully saturated rings. The van der Waals surface area contributed by atoms with Crippen molar-refractivity contribution >= 4 is 58.3 Å². The number of anilines is 1. The smallest absolute Gasteiger partial charge is 0.171 e. The molecule has 0 bridgehead atoms. The van der Waals surface area contributed by atoms with Crippen LogP contribution in [0.5, 0.6) is 5.75 Å². The van der Waals surface area contributed by atoms with Gasteiger partial charge in [0.1, 0.15) is 11.6 Å². The van der Waals surface area contributed by atoms with Gasteiger partial charge in [-0.3, -0.25) is 0 Å². The summed E-state index contributed by atoms with van der Waals surface area (Å²) in [7, 11) is 0. The summed E-state index contributed by atoms with van der Waals surface area (Å²) in [5, 5.41) is 20.0. The summed E-state index contributed by atoms with van der Waals surface area (Å²) in [5.74, 6) is 0.872. The normalized spacial score (nSPS) is 12.1. The first-order valence-corrected chi connectivity index (χ1v) is 12.5. The molecule has 2 aromatic carbocycles. The topological polar surface area (TPSA) is 82.7 Å². The second-order valence-corrected chi connectivity index (χ2v) is 11.7. The molecule has 0 aliphatic heterocycles. The lowest BCUT2D eigenvalue weighted by Crippen LogP contribution is -2.28. The van der Waals surface area contributed by atoms with Crippen molar-refractivity contribution in [1.82, 2.24) is 5.32 Å². The van der Waals surface area contributed by atoms with Gasteiger partial charge in [-0.2, -0.15) is 0 Å². The standard InChI is InChI=1S/C27H34N4OS2.ClH/c1-26(2,3)20-14-19(15-21(23(20)32)27(4,5)6)31-25(33)29-16-17-9-11-18(12-10-17)30-24(28)22-8-7-13-34-22;/h7-15,32H,16H2,1-6H3,(H2,28,30)(H2,29,31,33);1H. The minimum Gasteiger partial charge on any atom is -0.507 e. The van der Waals surface area contributed by atoms with Gasteiger partial charge in [-0.05, 0) is 64.3 Å². The summed E-state index contributed by atoms with van der Waals surface area (Å²) in [4.78, 5) is 5.44. The van der Waals surface area contributed by atoms with E-state index in [0.29, 0.717) is 23.2 Å². The molecule has 1 heterocycles. The van der Waals surface area contributed by atoms with Crippen LogP contribution in [0.1, 0.15) is 63.1 Å². The number of nitrogens with two attached hydrogens (primary N) is 1. The Morgan fingerprint density at radius 3 is 2.06 bits per heavy atom. The Balaban J connectivity index is 0.00000432. The van der Waals surface area contributed by atoms with Crippen molar-refractivity contribution in [3.8, 4) is 5.75 Å². The second-order valence-electron chi connectivity index (χ2n) is 10.4.